The summed E-state index contributed by atoms with van der Waals surface area (Å²) in [7, 11) is 0. The standard InChI is InChI=1S/C16H18F3N5/c1-11-9-12(22-15(21-11)24-7-2-3-8-24)10-20-14-6-4-5-13(23-14)16(17,18)19/h4-6,9H,2-3,7-8,10H2,1H3,(H,20,23). The number of halogens is 3. The number of hydrogen-bond donors (Lipinski definition) is 1. The number of pyridine rings is 1. The fourth-order valence-electron chi connectivity index (χ4n) is 2.64. The van der Waals surface area contributed by atoms with E-state index in [9.17, 15) is 13.2 Å². The third kappa shape index (κ3) is 3.93. The largest absolute Gasteiger partial charge is 0.433 e. The molecule has 1 fully saturated rings. The molecule has 3 rings (SSSR count). The first-order chi connectivity index (χ1) is 11.4. The number of alkyl halides is 3. The van der Waals surface area contributed by atoms with Gasteiger partial charge < -0.3 is 10.2 Å². The Kier molecular flexibility index (Phi) is 4.55. The number of anilines is 2. The predicted octanol–water partition coefficient (Wildman–Crippen LogP) is 3.41. The van der Waals surface area contributed by atoms with Crippen LogP contribution < -0.4 is 10.2 Å². The molecule has 0 aromatic carbocycles. The lowest BCUT2D eigenvalue weighted by Crippen LogP contribution is -2.21. The first kappa shape index (κ1) is 16.5. The molecule has 0 saturated carbocycles. The molecule has 1 N–H and O–H groups in total. The van der Waals surface area contributed by atoms with E-state index < -0.39 is 11.9 Å². The summed E-state index contributed by atoms with van der Waals surface area (Å²) in [5.74, 6) is 0.852. The molecule has 0 unspecified atom stereocenters. The highest BCUT2D eigenvalue weighted by atomic mass is 19.4. The van der Waals surface area contributed by atoms with Gasteiger partial charge in [-0.2, -0.15) is 13.2 Å². The van der Waals surface area contributed by atoms with Crippen LogP contribution in [-0.2, 0) is 12.7 Å². The van der Waals surface area contributed by atoms with Crippen molar-refractivity contribution in [3.63, 3.8) is 0 Å². The third-order valence-corrected chi connectivity index (χ3v) is 3.77. The van der Waals surface area contributed by atoms with Crippen molar-refractivity contribution in [3.05, 3.63) is 41.3 Å². The van der Waals surface area contributed by atoms with Gasteiger partial charge in [0.25, 0.3) is 0 Å². The molecule has 0 atom stereocenters. The second-order valence-electron chi connectivity index (χ2n) is 5.75. The third-order valence-electron chi connectivity index (χ3n) is 3.77. The minimum Gasteiger partial charge on any atom is -0.364 e. The van der Waals surface area contributed by atoms with Gasteiger partial charge in [-0.05, 0) is 38.0 Å². The molecule has 0 aliphatic carbocycles. The van der Waals surface area contributed by atoms with E-state index in [-0.39, 0.29) is 5.82 Å². The minimum absolute atomic E-state index is 0.170. The van der Waals surface area contributed by atoms with Crippen LogP contribution in [0, 0.1) is 6.92 Å². The zero-order chi connectivity index (χ0) is 17.2. The average Bonchev–Trinajstić information content (AvgIpc) is 3.06. The van der Waals surface area contributed by atoms with Gasteiger partial charge in [0.15, 0.2) is 0 Å². The topological polar surface area (TPSA) is 53.9 Å². The zero-order valence-corrected chi connectivity index (χ0v) is 13.3. The summed E-state index contributed by atoms with van der Waals surface area (Å²) >= 11 is 0. The van der Waals surface area contributed by atoms with E-state index in [2.05, 4.69) is 25.2 Å². The maximum absolute atomic E-state index is 12.7. The van der Waals surface area contributed by atoms with Crippen LogP contribution in [0.1, 0.15) is 29.9 Å². The number of aromatic nitrogens is 3. The fraction of sp³-hybridized carbons (Fsp3) is 0.438. The highest BCUT2D eigenvalue weighted by Crippen LogP contribution is 2.28. The Morgan fingerprint density at radius 1 is 1.12 bits per heavy atom. The molecule has 0 amide bonds. The van der Waals surface area contributed by atoms with Gasteiger partial charge in [-0.1, -0.05) is 6.07 Å². The summed E-state index contributed by atoms with van der Waals surface area (Å²) in [4.78, 5) is 14.7. The van der Waals surface area contributed by atoms with Crippen molar-refractivity contribution < 1.29 is 13.2 Å². The number of nitrogens with one attached hydrogen (secondary N) is 1. The second kappa shape index (κ2) is 6.62. The number of hydrogen-bond acceptors (Lipinski definition) is 5. The Bertz CT molecular complexity index is 711. The lowest BCUT2D eigenvalue weighted by atomic mass is 10.3. The highest BCUT2D eigenvalue weighted by molar-refractivity contribution is 5.38. The average molecular weight is 337 g/mol. The van der Waals surface area contributed by atoms with Crippen LogP contribution in [0.5, 0.6) is 0 Å². The molecule has 1 saturated heterocycles. The van der Waals surface area contributed by atoms with Crippen molar-refractivity contribution in [3.8, 4) is 0 Å². The molecule has 2 aromatic heterocycles. The van der Waals surface area contributed by atoms with E-state index in [4.69, 9.17) is 0 Å². The normalized spacial score (nSPS) is 14.9. The van der Waals surface area contributed by atoms with E-state index in [0.29, 0.717) is 12.5 Å². The molecule has 1 aliphatic heterocycles. The SMILES string of the molecule is Cc1cc(CNc2cccc(C(F)(F)F)n2)nc(N2CCCC2)n1. The quantitative estimate of drug-likeness (QED) is 0.926. The summed E-state index contributed by atoms with van der Waals surface area (Å²) in [6.07, 6.45) is -2.20. The predicted molar refractivity (Wildman–Crippen MR) is 84.8 cm³/mol. The number of aryl methyl sites for hydroxylation is 1. The molecule has 5 nitrogen and oxygen atoms in total. The van der Waals surface area contributed by atoms with E-state index >= 15 is 0 Å². The van der Waals surface area contributed by atoms with Gasteiger partial charge in [0.1, 0.15) is 11.5 Å². The second-order valence-corrected chi connectivity index (χ2v) is 5.75. The Balaban J connectivity index is 1.72. The van der Waals surface area contributed by atoms with Crippen LogP contribution in [0.25, 0.3) is 0 Å². The smallest absolute Gasteiger partial charge is 0.364 e. The number of nitrogens with zero attached hydrogens (tertiary/aromatic N) is 4. The summed E-state index contributed by atoms with van der Waals surface area (Å²) in [6.45, 7) is 4.04. The van der Waals surface area contributed by atoms with Crippen LogP contribution in [0.15, 0.2) is 24.3 Å². The number of rotatable bonds is 4. The Labute approximate surface area is 138 Å². The van der Waals surface area contributed by atoms with Crippen molar-refractivity contribution in [2.24, 2.45) is 0 Å². The zero-order valence-electron chi connectivity index (χ0n) is 13.3. The van der Waals surface area contributed by atoms with Crippen LogP contribution >= 0.6 is 0 Å². The molecule has 128 valence electrons. The molecule has 0 bridgehead atoms. The van der Waals surface area contributed by atoms with Crippen LogP contribution in [-0.4, -0.2) is 28.0 Å². The monoisotopic (exact) mass is 337 g/mol. The van der Waals surface area contributed by atoms with E-state index in [1.165, 1.54) is 12.1 Å². The first-order valence-electron chi connectivity index (χ1n) is 7.79. The lowest BCUT2D eigenvalue weighted by Gasteiger charge is -2.16. The van der Waals surface area contributed by atoms with Gasteiger partial charge >= 0.3 is 6.18 Å². The molecule has 8 heteroatoms. The first-order valence-corrected chi connectivity index (χ1v) is 7.79. The highest BCUT2D eigenvalue weighted by Gasteiger charge is 2.32. The molecule has 0 spiro atoms. The molecule has 2 aromatic rings. The summed E-state index contributed by atoms with van der Waals surface area (Å²) in [5, 5.41) is 2.90. The molecule has 1 aliphatic rings. The summed E-state index contributed by atoms with van der Waals surface area (Å²) in [5.41, 5.74) is 0.647. The Morgan fingerprint density at radius 3 is 2.58 bits per heavy atom. The maximum Gasteiger partial charge on any atom is 0.433 e. The molecule has 24 heavy (non-hydrogen) atoms. The van der Waals surface area contributed by atoms with Crippen molar-refractivity contribution >= 4 is 11.8 Å². The van der Waals surface area contributed by atoms with E-state index in [1.54, 1.807) is 0 Å². The summed E-state index contributed by atoms with van der Waals surface area (Å²) in [6, 6.07) is 5.61. The van der Waals surface area contributed by atoms with Crippen LogP contribution in [0.2, 0.25) is 0 Å². The van der Waals surface area contributed by atoms with Crippen molar-refractivity contribution in [1.29, 1.82) is 0 Å². The minimum atomic E-state index is -4.45. The van der Waals surface area contributed by atoms with Gasteiger partial charge in [0, 0.05) is 18.8 Å². The summed E-state index contributed by atoms with van der Waals surface area (Å²) < 4.78 is 38.1. The van der Waals surface area contributed by atoms with Gasteiger partial charge in [-0.3, -0.25) is 0 Å². The molecular formula is C16H18F3N5. The van der Waals surface area contributed by atoms with Gasteiger partial charge in [-0.15, -0.1) is 0 Å². The lowest BCUT2D eigenvalue weighted by molar-refractivity contribution is -0.141. The van der Waals surface area contributed by atoms with Crippen LogP contribution in [0.3, 0.4) is 0 Å². The van der Waals surface area contributed by atoms with Crippen molar-refractivity contribution in [1.82, 2.24) is 15.0 Å². The molecule has 3 heterocycles. The maximum atomic E-state index is 12.7. The van der Waals surface area contributed by atoms with Gasteiger partial charge in [0.05, 0.1) is 12.2 Å². The fourth-order valence-corrected chi connectivity index (χ4v) is 2.64. The van der Waals surface area contributed by atoms with Crippen molar-refractivity contribution in [2.75, 3.05) is 23.3 Å². The Hall–Kier alpha value is -2.38. The van der Waals surface area contributed by atoms with Crippen LogP contribution in [0.4, 0.5) is 24.9 Å². The van der Waals surface area contributed by atoms with Gasteiger partial charge in [0.2, 0.25) is 5.95 Å². The van der Waals surface area contributed by atoms with E-state index in [0.717, 1.165) is 43.4 Å². The van der Waals surface area contributed by atoms with Crippen molar-refractivity contribution in [2.45, 2.75) is 32.5 Å². The molecule has 0 radical (unpaired) electrons. The molecular weight excluding hydrogens is 319 g/mol. The Morgan fingerprint density at radius 2 is 1.88 bits per heavy atom. The van der Waals surface area contributed by atoms with E-state index in [1.807, 2.05) is 13.0 Å². The van der Waals surface area contributed by atoms with Gasteiger partial charge in [-0.25, -0.2) is 15.0 Å².